The van der Waals surface area contributed by atoms with Gasteiger partial charge in [0, 0.05) is 30.7 Å². The monoisotopic (exact) mass is 471 g/mol. The summed E-state index contributed by atoms with van der Waals surface area (Å²) in [6, 6.07) is 10.3. The predicted octanol–water partition coefficient (Wildman–Crippen LogP) is 3.60. The number of nitrogens with zero attached hydrogens (tertiary/aromatic N) is 3. The first-order chi connectivity index (χ1) is 15.8. The Morgan fingerprint density at radius 3 is 2.61 bits per heavy atom. The zero-order valence-corrected chi connectivity index (χ0v) is 19.9. The van der Waals surface area contributed by atoms with Crippen molar-refractivity contribution in [3.05, 3.63) is 48.2 Å². The molecule has 33 heavy (non-hydrogen) atoms. The number of aldehydes is 1. The van der Waals surface area contributed by atoms with Gasteiger partial charge in [0.25, 0.3) is 0 Å². The molecular weight excluding hydrogens is 442 g/mol. The van der Waals surface area contributed by atoms with Crippen LogP contribution in [0.1, 0.15) is 38.2 Å². The van der Waals surface area contributed by atoms with Crippen LogP contribution >= 0.6 is 0 Å². The van der Waals surface area contributed by atoms with Crippen LogP contribution in [0.3, 0.4) is 0 Å². The second kappa shape index (κ2) is 9.52. The first-order valence-corrected chi connectivity index (χ1v) is 12.5. The molecule has 1 atom stereocenters. The van der Waals surface area contributed by atoms with Gasteiger partial charge in [-0.1, -0.05) is 0 Å². The van der Waals surface area contributed by atoms with Gasteiger partial charge in [0.05, 0.1) is 24.7 Å². The number of methoxy groups -OCH3 is 1. The number of ether oxygens (including phenoxy) is 2. The molecule has 1 aliphatic heterocycles. The van der Waals surface area contributed by atoms with Crippen LogP contribution in [0, 0.1) is 0 Å². The smallest absolute Gasteiger partial charge is 0.243 e. The highest BCUT2D eigenvalue weighted by atomic mass is 32.2. The van der Waals surface area contributed by atoms with Gasteiger partial charge in [-0.05, 0) is 68.5 Å². The van der Waals surface area contributed by atoms with Crippen molar-refractivity contribution in [1.82, 2.24) is 13.9 Å². The Bertz CT molecular complexity index is 1230. The van der Waals surface area contributed by atoms with Crippen molar-refractivity contribution in [1.29, 1.82) is 0 Å². The number of pyridine rings is 1. The summed E-state index contributed by atoms with van der Waals surface area (Å²) in [5.74, 6) is 1.12. The highest BCUT2D eigenvalue weighted by Crippen LogP contribution is 2.35. The fraction of sp³-hybridized carbons (Fsp3) is 0.417. The summed E-state index contributed by atoms with van der Waals surface area (Å²) >= 11 is 0. The van der Waals surface area contributed by atoms with Gasteiger partial charge in [0.2, 0.25) is 15.9 Å². The van der Waals surface area contributed by atoms with Crippen LogP contribution in [-0.4, -0.2) is 54.9 Å². The number of hydrogen-bond donors (Lipinski definition) is 0. The maximum Gasteiger partial charge on any atom is 0.243 e. The van der Waals surface area contributed by atoms with Crippen molar-refractivity contribution < 1.29 is 22.7 Å². The summed E-state index contributed by atoms with van der Waals surface area (Å²) in [7, 11) is -2.09. The van der Waals surface area contributed by atoms with Crippen LogP contribution in [0.25, 0.3) is 11.0 Å². The van der Waals surface area contributed by atoms with Gasteiger partial charge >= 0.3 is 0 Å². The van der Waals surface area contributed by atoms with Crippen LogP contribution < -0.4 is 9.47 Å². The van der Waals surface area contributed by atoms with E-state index in [1.807, 2.05) is 26.1 Å². The lowest BCUT2D eigenvalue weighted by atomic mass is 9.92. The zero-order valence-electron chi connectivity index (χ0n) is 19.1. The Labute approximate surface area is 194 Å². The van der Waals surface area contributed by atoms with E-state index in [9.17, 15) is 13.2 Å². The molecule has 1 fully saturated rings. The highest BCUT2D eigenvalue weighted by Gasteiger charge is 2.32. The molecule has 0 radical (unpaired) electrons. The molecule has 0 spiro atoms. The number of benzene rings is 1. The number of aromatic nitrogens is 2. The molecule has 0 amide bonds. The summed E-state index contributed by atoms with van der Waals surface area (Å²) in [4.78, 5) is 16.0. The maximum absolute atomic E-state index is 13.4. The molecule has 3 aromatic rings. The first-order valence-electron chi connectivity index (χ1n) is 11.1. The van der Waals surface area contributed by atoms with Gasteiger partial charge < -0.3 is 18.8 Å². The molecular formula is C24H29N3O5S. The van der Waals surface area contributed by atoms with Crippen LogP contribution in [0.5, 0.6) is 11.6 Å². The van der Waals surface area contributed by atoms with Gasteiger partial charge in [0.15, 0.2) is 0 Å². The molecule has 2 aromatic heterocycles. The lowest BCUT2D eigenvalue weighted by Gasteiger charge is -2.32. The van der Waals surface area contributed by atoms with Gasteiger partial charge in [-0.2, -0.15) is 9.29 Å². The Kier molecular flexibility index (Phi) is 6.71. The van der Waals surface area contributed by atoms with Crippen molar-refractivity contribution in [2.24, 2.45) is 0 Å². The third-order valence-corrected chi connectivity index (χ3v) is 7.74. The second-order valence-corrected chi connectivity index (χ2v) is 10.4. The minimum atomic E-state index is -3.64. The Balaban J connectivity index is 1.62. The topological polar surface area (TPSA) is 90.7 Å². The first kappa shape index (κ1) is 23.3. The summed E-state index contributed by atoms with van der Waals surface area (Å²) < 4.78 is 40.9. The van der Waals surface area contributed by atoms with E-state index in [2.05, 4.69) is 4.98 Å². The summed E-state index contributed by atoms with van der Waals surface area (Å²) in [5.41, 5.74) is 1.67. The number of carbonyl (C=O) groups excluding carboxylic acids is 1. The maximum atomic E-state index is 13.4. The highest BCUT2D eigenvalue weighted by molar-refractivity contribution is 7.89. The number of carbonyl (C=O) groups is 1. The molecule has 176 valence electrons. The van der Waals surface area contributed by atoms with Crippen LogP contribution in [0.15, 0.2) is 47.5 Å². The van der Waals surface area contributed by atoms with Crippen molar-refractivity contribution in [2.75, 3.05) is 20.2 Å². The molecule has 1 aliphatic rings. The molecule has 0 aliphatic carbocycles. The van der Waals surface area contributed by atoms with Gasteiger partial charge in [0.1, 0.15) is 17.7 Å². The lowest BCUT2D eigenvalue weighted by Crippen LogP contribution is -2.39. The largest absolute Gasteiger partial charge is 0.491 e. The quantitative estimate of drug-likeness (QED) is 0.466. The third kappa shape index (κ3) is 4.74. The Morgan fingerprint density at radius 1 is 1.18 bits per heavy atom. The molecule has 8 nitrogen and oxygen atoms in total. The van der Waals surface area contributed by atoms with Crippen LogP contribution in [-0.2, 0) is 21.4 Å². The molecule has 0 saturated carbocycles. The van der Waals surface area contributed by atoms with Gasteiger partial charge in [-0.15, -0.1) is 0 Å². The average Bonchev–Trinajstić information content (AvgIpc) is 3.17. The van der Waals surface area contributed by atoms with E-state index in [1.54, 1.807) is 46.3 Å². The average molecular weight is 472 g/mol. The van der Waals surface area contributed by atoms with Crippen LogP contribution in [0.2, 0.25) is 0 Å². The minimum Gasteiger partial charge on any atom is -0.491 e. The minimum absolute atomic E-state index is 0.00247. The fourth-order valence-electron chi connectivity index (χ4n) is 4.36. The van der Waals surface area contributed by atoms with Crippen molar-refractivity contribution >= 4 is 27.3 Å². The SMILES string of the molecule is COc1ccc2c(C3CCCN(S(=O)(=O)c4ccc(OC(C)C)cc4)C3)cn(CC=O)c2n1. The Hall–Kier alpha value is -2.91. The zero-order chi connectivity index (χ0) is 23.6. The molecule has 4 rings (SSSR count). The molecule has 3 heterocycles. The van der Waals surface area contributed by atoms with E-state index in [-0.39, 0.29) is 23.5 Å². The lowest BCUT2D eigenvalue weighted by molar-refractivity contribution is -0.108. The predicted molar refractivity (Wildman–Crippen MR) is 125 cm³/mol. The third-order valence-electron chi connectivity index (χ3n) is 5.87. The number of piperidine rings is 1. The number of hydrogen-bond acceptors (Lipinski definition) is 6. The molecule has 1 aromatic carbocycles. The van der Waals surface area contributed by atoms with E-state index in [1.165, 1.54) is 0 Å². The van der Waals surface area contributed by atoms with E-state index < -0.39 is 10.0 Å². The van der Waals surface area contributed by atoms with Crippen molar-refractivity contribution in [2.45, 2.75) is 50.2 Å². The fourth-order valence-corrected chi connectivity index (χ4v) is 5.88. The number of rotatable bonds is 8. The van der Waals surface area contributed by atoms with Crippen LogP contribution in [0.4, 0.5) is 0 Å². The second-order valence-electron chi connectivity index (χ2n) is 8.47. The molecule has 1 saturated heterocycles. The van der Waals surface area contributed by atoms with Gasteiger partial charge in [-0.25, -0.2) is 8.42 Å². The summed E-state index contributed by atoms with van der Waals surface area (Å²) in [6.07, 6.45) is 4.38. The summed E-state index contributed by atoms with van der Waals surface area (Å²) in [5, 5.41) is 0.914. The summed E-state index contributed by atoms with van der Waals surface area (Å²) in [6.45, 7) is 4.88. The van der Waals surface area contributed by atoms with Crippen molar-refractivity contribution in [3.63, 3.8) is 0 Å². The van der Waals surface area contributed by atoms with E-state index >= 15 is 0 Å². The molecule has 9 heteroatoms. The molecule has 0 bridgehead atoms. The number of sulfonamides is 1. The normalized spacial score (nSPS) is 17.4. The Morgan fingerprint density at radius 2 is 1.94 bits per heavy atom. The van der Waals surface area contributed by atoms with E-state index in [4.69, 9.17) is 9.47 Å². The number of fused-ring (bicyclic) bond motifs is 1. The molecule has 1 unspecified atom stereocenters. The van der Waals surface area contributed by atoms with E-state index in [0.29, 0.717) is 30.4 Å². The van der Waals surface area contributed by atoms with E-state index in [0.717, 1.165) is 30.1 Å². The standard InChI is InChI=1S/C24H29N3O5S/c1-17(2)32-19-6-8-20(9-7-19)33(29,30)27-12-4-5-18(15-27)22-16-26(13-14-28)24-21(22)10-11-23(25-24)31-3/h6-11,14,16-18H,4-5,12-13,15H2,1-3H3. The van der Waals surface area contributed by atoms with Crippen molar-refractivity contribution in [3.8, 4) is 11.6 Å². The van der Waals surface area contributed by atoms with Gasteiger partial charge in [-0.3, -0.25) is 0 Å². The molecule has 0 N–H and O–H groups in total.